The Balaban J connectivity index is 1.98. The summed E-state index contributed by atoms with van der Waals surface area (Å²) >= 11 is 0. The summed E-state index contributed by atoms with van der Waals surface area (Å²) in [7, 11) is 0. The zero-order valence-electron chi connectivity index (χ0n) is 11.2. The Labute approximate surface area is 113 Å². The number of carboxylic acids is 1. The average Bonchev–Trinajstić information content (AvgIpc) is 2.53. The van der Waals surface area contributed by atoms with Crippen LogP contribution < -0.4 is 0 Å². The summed E-state index contributed by atoms with van der Waals surface area (Å²) in [5.41, 5.74) is -1.15. The molecule has 0 bridgehead atoms. The van der Waals surface area contributed by atoms with Gasteiger partial charge in [0, 0.05) is 26.2 Å². The van der Waals surface area contributed by atoms with Gasteiger partial charge in [0.15, 0.2) is 0 Å². The van der Waals surface area contributed by atoms with E-state index in [1.165, 1.54) is 0 Å². The number of β-amino-alcohol motifs (C(OH)–C–C–N with tert-alkyl or cyclic N) is 1. The molecule has 1 aliphatic carbocycles. The van der Waals surface area contributed by atoms with Crippen LogP contribution in [0.2, 0.25) is 0 Å². The highest BCUT2D eigenvalue weighted by Crippen LogP contribution is 2.42. The van der Waals surface area contributed by atoms with Crippen molar-refractivity contribution in [3.63, 3.8) is 0 Å². The van der Waals surface area contributed by atoms with Crippen LogP contribution in [0.4, 0.5) is 0 Å². The third-order valence-corrected chi connectivity index (χ3v) is 4.32. The molecule has 1 aliphatic heterocycles. The maximum atomic E-state index is 12.4. The number of hydrogen-bond donors (Lipinski definition) is 2. The van der Waals surface area contributed by atoms with Crippen molar-refractivity contribution in [1.82, 2.24) is 9.80 Å². The second-order valence-corrected chi connectivity index (χ2v) is 5.45. The number of carbonyl (C=O) groups is 2. The van der Waals surface area contributed by atoms with Crippen molar-refractivity contribution in [2.75, 3.05) is 39.3 Å². The van der Waals surface area contributed by atoms with E-state index < -0.39 is 11.4 Å². The topological polar surface area (TPSA) is 81.1 Å². The molecule has 19 heavy (non-hydrogen) atoms. The number of aliphatic carboxylic acids is 1. The van der Waals surface area contributed by atoms with E-state index in [-0.39, 0.29) is 12.5 Å². The zero-order chi connectivity index (χ0) is 13.9. The largest absolute Gasteiger partial charge is 0.480 e. The highest BCUT2D eigenvalue weighted by molar-refractivity contribution is 6.02. The van der Waals surface area contributed by atoms with Crippen LogP contribution in [0.15, 0.2) is 0 Å². The summed E-state index contributed by atoms with van der Waals surface area (Å²) in [6, 6.07) is 0. The van der Waals surface area contributed by atoms with E-state index in [2.05, 4.69) is 4.90 Å². The number of carboxylic acid groups (broad SMARTS) is 1. The van der Waals surface area contributed by atoms with Gasteiger partial charge in [-0.3, -0.25) is 14.5 Å². The van der Waals surface area contributed by atoms with Crippen molar-refractivity contribution < 1.29 is 19.8 Å². The van der Waals surface area contributed by atoms with Gasteiger partial charge in [-0.15, -0.1) is 0 Å². The molecule has 0 atom stereocenters. The van der Waals surface area contributed by atoms with E-state index in [0.29, 0.717) is 39.0 Å². The fourth-order valence-corrected chi connectivity index (χ4v) is 2.89. The maximum Gasteiger partial charge on any atom is 0.319 e. The monoisotopic (exact) mass is 270 g/mol. The van der Waals surface area contributed by atoms with Crippen LogP contribution in [0.3, 0.4) is 0 Å². The van der Waals surface area contributed by atoms with Gasteiger partial charge in [0.2, 0.25) is 5.91 Å². The van der Waals surface area contributed by atoms with Crippen LogP contribution in [-0.4, -0.2) is 71.2 Å². The predicted molar refractivity (Wildman–Crippen MR) is 68.6 cm³/mol. The molecular formula is C13H22N2O4. The molecule has 2 aliphatic rings. The molecule has 1 saturated heterocycles. The number of amides is 1. The first-order valence-electron chi connectivity index (χ1n) is 6.96. The molecule has 2 N–H and O–H groups in total. The fraction of sp³-hybridized carbons (Fsp3) is 0.846. The van der Waals surface area contributed by atoms with Crippen molar-refractivity contribution in [2.45, 2.75) is 25.7 Å². The Morgan fingerprint density at radius 1 is 1.05 bits per heavy atom. The average molecular weight is 270 g/mol. The van der Waals surface area contributed by atoms with Crippen molar-refractivity contribution >= 4 is 11.9 Å². The quantitative estimate of drug-likeness (QED) is 0.690. The lowest BCUT2D eigenvalue weighted by Gasteiger charge is -2.39. The normalized spacial score (nSPS) is 23.5. The van der Waals surface area contributed by atoms with Crippen LogP contribution in [0, 0.1) is 5.41 Å². The Bertz CT molecular complexity index is 355. The molecule has 0 radical (unpaired) electrons. The van der Waals surface area contributed by atoms with E-state index in [4.69, 9.17) is 5.11 Å². The lowest BCUT2D eigenvalue weighted by atomic mass is 9.67. The lowest BCUT2D eigenvalue weighted by Crippen LogP contribution is -2.53. The summed E-state index contributed by atoms with van der Waals surface area (Å²) in [5.74, 6) is -1.18. The molecule has 0 aromatic rings. The van der Waals surface area contributed by atoms with Gasteiger partial charge < -0.3 is 15.1 Å². The van der Waals surface area contributed by atoms with Crippen LogP contribution in [0.5, 0.6) is 0 Å². The first-order chi connectivity index (χ1) is 9.10. The zero-order valence-corrected chi connectivity index (χ0v) is 11.2. The molecule has 2 rings (SSSR count). The molecule has 0 spiro atoms. The van der Waals surface area contributed by atoms with Crippen molar-refractivity contribution in [1.29, 1.82) is 0 Å². The summed E-state index contributed by atoms with van der Waals surface area (Å²) in [6.45, 7) is 3.48. The molecule has 1 saturated carbocycles. The predicted octanol–water partition coefficient (Wildman–Crippen LogP) is -0.232. The number of hydrogen-bond acceptors (Lipinski definition) is 4. The standard InChI is InChI=1S/C13H22N2O4/c16-10-9-14-5-2-6-15(8-7-14)11(17)13(12(18)19)3-1-4-13/h16H,1-10H2,(H,18,19). The SMILES string of the molecule is O=C(O)C1(C(=O)N2CCCN(CCO)CC2)CCC1. The van der Waals surface area contributed by atoms with E-state index in [1.54, 1.807) is 4.90 Å². The highest BCUT2D eigenvalue weighted by Gasteiger charge is 2.52. The van der Waals surface area contributed by atoms with E-state index in [1.807, 2.05) is 0 Å². The maximum absolute atomic E-state index is 12.4. The molecule has 1 heterocycles. The summed E-state index contributed by atoms with van der Waals surface area (Å²) in [5, 5.41) is 18.2. The summed E-state index contributed by atoms with van der Waals surface area (Å²) < 4.78 is 0. The van der Waals surface area contributed by atoms with Gasteiger partial charge in [-0.1, -0.05) is 6.42 Å². The van der Waals surface area contributed by atoms with Gasteiger partial charge in [-0.25, -0.2) is 0 Å². The van der Waals surface area contributed by atoms with Gasteiger partial charge in [-0.05, 0) is 25.8 Å². The molecular weight excluding hydrogens is 248 g/mol. The summed E-state index contributed by atoms with van der Waals surface area (Å²) in [4.78, 5) is 27.6. The fourth-order valence-electron chi connectivity index (χ4n) is 2.89. The second kappa shape index (κ2) is 5.88. The number of nitrogens with zero attached hydrogens (tertiary/aromatic N) is 2. The van der Waals surface area contributed by atoms with E-state index in [9.17, 15) is 14.7 Å². The van der Waals surface area contributed by atoms with E-state index >= 15 is 0 Å². The third-order valence-electron chi connectivity index (χ3n) is 4.32. The Morgan fingerprint density at radius 3 is 2.32 bits per heavy atom. The van der Waals surface area contributed by atoms with Crippen LogP contribution in [0.25, 0.3) is 0 Å². The van der Waals surface area contributed by atoms with Crippen molar-refractivity contribution in [2.24, 2.45) is 5.41 Å². The van der Waals surface area contributed by atoms with Crippen molar-refractivity contribution in [3.05, 3.63) is 0 Å². The minimum absolute atomic E-state index is 0.118. The molecule has 0 aromatic heterocycles. The molecule has 1 amide bonds. The van der Waals surface area contributed by atoms with Gasteiger partial charge in [-0.2, -0.15) is 0 Å². The number of aliphatic hydroxyl groups is 1. The van der Waals surface area contributed by atoms with Crippen LogP contribution in [0.1, 0.15) is 25.7 Å². The smallest absolute Gasteiger partial charge is 0.319 e. The molecule has 0 aromatic carbocycles. The first-order valence-corrected chi connectivity index (χ1v) is 6.96. The van der Waals surface area contributed by atoms with Gasteiger partial charge in [0.25, 0.3) is 0 Å². The minimum atomic E-state index is -1.15. The molecule has 6 nitrogen and oxygen atoms in total. The van der Waals surface area contributed by atoms with Crippen LogP contribution >= 0.6 is 0 Å². The van der Waals surface area contributed by atoms with Gasteiger partial charge in [0.05, 0.1) is 6.61 Å². The highest BCUT2D eigenvalue weighted by atomic mass is 16.4. The van der Waals surface area contributed by atoms with E-state index in [0.717, 1.165) is 19.4 Å². The Hall–Kier alpha value is -1.14. The van der Waals surface area contributed by atoms with Crippen molar-refractivity contribution in [3.8, 4) is 0 Å². The molecule has 108 valence electrons. The Kier molecular flexibility index (Phi) is 4.42. The number of rotatable bonds is 4. The molecule has 6 heteroatoms. The second-order valence-electron chi connectivity index (χ2n) is 5.45. The van der Waals surface area contributed by atoms with Gasteiger partial charge >= 0.3 is 5.97 Å². The molecule has 2 fully saturated rings. The lowest BCUT2D eigenvalue weighted by molar-refractivity contribution is -0.167. The van der Waals surface area contributed by atoms with Gasteiger partial charge in [0.1, 0.15) is 5.41 Å². The molecule has 0 unspecified atom stereocenters. The minimum Gasteiger partial charge on any atom is -0.480 e. The Morgan fingerprint density at radius 2 is 1.79 bits per heavy atom. The third kappa shape index (κ3) is 2.74. The summed E-state index contributed by atoms with van der Waals surface area (Å²) in [6.07, 6.45) is 2.60. The van der Waals surface area contributed by atoms with Crippen LogP contribution in [-0.2, 0) is 9.59 Å². The number of carbonyl (C=O) groups excluding carboxylic acids is 1. The number of aliphatic hydroxyl groups excluding tert-OH is 1. The first kappa shape index (κ1) is 14.3.